The fraction of sp³-hybridized carbons (Fsp3) is 0.375. The molecule has 1 aromatic heterocycles. The van der Waals surface area contributed by atoms with E-state index in [2.05, 4.69) is 4.98 Å². The molecule has 0 saturated carbocycles. The Morgan fingerprint density at radius 3 is 2.80 bits per heavy atom. The Hall–Kier alpha value is -1.94. The lowest BCUT2D eigenvalue weighted by molar-refractivity contribution is 0.0845. The molecule has 0 amide bonds. The van der Waals surface area contributed by atoms with Crippen LogP contribution in [0.1, 0.15) is 24.2 Å². The zero-order chi connectivity index (χ0) is 14.5. The molecule has 0 aliphatic carbocycles. The van der Waals surface area contributed by atoms with E-state index in [1.54, 1.807) is 0 Å². The van der Waals surface area contributed by atoms with Crippen LogP contribution < -0.4 is 4.90 Å². The second-order valence-electron chi connectivity index (χ2n) is 5.05. The van der Waals surface area contributed by atoms with Gasteiger partial charge in [-0.15, -0.1) is 0 Å². The number of carbonyl (C=O) groups is 1. The molecule has 0 fully saturated rings. The van der Waals surface area contributed by atoms with Gasteiger partial charge in [0.15, 0.2) is 6.29 Å². The van der Waals surface area contributed by atoms with Crippen LogP contribution in [0.3, 0.4) is 0 Å². The molecule has 0 unspecified atom stereocenters. The Bertz CT molecular complexity index is 596. The number of aromatic nitrogens is 1. The minimum Gasteiger partial charge on any atom is -0.377 e. The third-order valence-corrected chi connectivity index (χ3v) is 3.10. The van der Waals surface area contributed by atoms with Crippen molar-refractivity contribution in [1.29, 1.82) is 0 Å². The SMILES string of the molecule is CC(C)OCCN(C)c1nc2ccccc2cc1C=O. The van der Waals surface area contributed by atoms with Crippen molar-refractivity contribution in [2.75, 3.05) is 25.1 Å². The first-order valence-corrected chi connectivity index (χ1v) is 6.79. The van der Waals surface area contributed by atoms with Crippen molar-refractivity contribution in [3.05, 3.63) is 35.9 Å². The monoisotopic (exact) mass is 272 g/mol. The number of ether oxygens (including phenoxy) is 1. The molecular formula is C16H20N2O2. The summed E-state index contributed by atoms with van der Waals surface area (Å²) in [5.41, 5.74) is 1.50. The second kappa shape index (κ2) is 6.48. The molecule has 0 saturated heterocycles. The highest BCUT2D eigenvalue weighted by molar-refractivity contribution is 5.91. The number of hydrogen-bond donors (Lipinski definition) is 0. The van der Waals surface area contributed by atoms with Crippen LogP contribution >= 0.6 is 0 Å². The smallest absolute Gasteiger partial charge is 0.153 e. The van der Waals surface area contributed by atoms with E-state index in [9.17, 15) is 4.79 Å². The van der Waals surface area contributed by atoms with E-state index in [1.165, 1.54) is 0 Å². The number of carbonyl (C=O) groups excluding carboxylic acids is 1. The van der Waals surface area contributed by atoms with Gasteiger partial charge in [0, 0.05) is 19.0 Å². The molecule has 1 heterocycles. The summed E-state index contributed by atoms with van der Waals surface area (Å²) in [5, 5.41) is 0.977. The van der Waals surface area contributed by atoms with Gasteiger partial charge in [0.25, 0.3) is 0 Å². The Morgan fingerprint density at radius 2 is 2.10 bits per heavy atom. The molecule has 4 nitrogen and oxygen atoms in total. The van der Waals surface area contributed by atoms with E-state index in [4.69, 9.17) is 4.74 Å². The first-order chi connectivity index (χ1) is 9.61. The minimum absolute atomic E-state index is 0.207. The number of fused-ring (bicyclic) bond motifs is 1. The van der Waals surface area contributed by atoms with Gasteiger partial charge in [0.2, 0.25) is 0 Å². The van der Waals surface area contributed by atoms with Crippen LogP contribution in [0.5, 0.6) is 0 Å². The zero-order valence-electron chi connectivity index (χ0n) is 12.2. The molecule has 1 aromatic carbocycles. The second-order valence-corrected chi connectivity index (χ2v) is 5.05. The van der Waals surface area contributed by atoms with Gasteiger partial charge in [-0.2, -0.15) is 0 Å². The van der Waals surface area contributed by atoms with Gasteiger partial charge in [-0.05, 0) is 26.0 Å². The van der Waals surface area contributed by atoms with Crippen LogP contribution in [0.2, 0.25) is 0 Å². The first-order valence-electron chi connectivity index (χ1n) is 6.79. The average molecular weight is 272 g/mol. The molecule has 0 radical (unpaired) electrons. The Kier molecular flexibility index (Phi) is 4.69. The lowest BCUT2D eigenvalue weighted by Gasteiger charge is -2.21. The van der Waals surface area contributed by atoms with Gasteiger partial charge >= 0.3 is 0 Å². The lowest BCUT2D eigenvalue weighted by atomic mass is 10.1. The van der Waals surface area contributed by atoms with Crippen molar-refractivity contribution in [3.63, 3.8) is 0 Å². The van der Waals surface area contributed by atoms with Gasteiger partial charge in [0.05, 0.1) is 23.8 Å². The van der Waals surface area contributed by atoms with E-state index in [0.717, 1.165) is 17.2 Å². The summed E-state index contributed by atoms with van der Waals surface area (Å²) in [6.45, 7) is 5.32. The summed E-state index contributed by atoms with van der Waals surface area (Å²) in [5.74, 6) is 0.700. The minimum atomic E-state index is 0.207. The zero-order valence-corrected chi connectivity index (χ0v) is 12.2. The third-order valence-electron chi connectivity index (χ3n) is 3.10. The van der Waals surface area contributed by atoms with Crippen molar-refractivity contribution < 1.29 is 9.53 Å². The fourth-order valence-electron chi connectivity index (χ4n) is 2.05. The van der Waals surface area contributed by atoms with Gasteiger partial charge in [0.1, 0.15) is 5.82 Å². The number of rotatable bonds is 6. The molecule has 0 N–H and O–H groups in total. The summed E-state index contributed by atoms with van der Waals surface area (Å²) in [6.07, 6.45) is 1.06. The predicted molar refractivity (Wildman–Crippen MR) is 81.5 cm³/mol. The standard InChI is InChI=1S/C16H20N2O2/c1-12(2)20-9-8-18(3)16-14(11-19)10-13-6-4-5-7-15(13)17-16/h4-7,10-12H,8-9H2,1-3H3. The molecule has 0 bridgehead atoms. The third kappa shape index (κ3) is 3.33. The Labute approximate surface area is 119 Å². The summed E-state index contributed by atoms with van der Waals surface area (Å²) in [6, 6.07) is 9.68. The summed E-state index contributed by atoms with van der Waals surface area (Å²) in [4.78, 5) is 17.8. The van der Waals surface area contributed by atoms with E-state index < -0.39 is 0 Å². The van der Waals surface area contributed by atoms with Gasteiger partial charge in [-0.3, -0.25) is 4.79 Å². The Morgan fingerprint density at radius 1 is 1.35 bits per heavy atom. The van der Waals surface area contributed by atoms with E-state index in [0.29, 0.717) is 24.5 Å². The normalized spacial score (nSPS) is 11.0. The number of pyridine rings is 1. The van der Waals surface area contributed by atoms with Crippen LogP contribution in [0.4, 0.5) is 5.82 Å². The van der Waals surface area contributed by atoms with E-state index >= 15 is 0 Å². The molecule has 0 aliphatic rings. The topological polar surface area (TPSA) is 42.4 Å². The predicted octanol–water partition coefficient (Wildman–Crippen LogP) is 2.91. The van der Waals surface area contributed by atoms with Crippen LogP contribution in [-0.4, -0.2) is 37.6 Å². The molecule has 4 heteroatoms. The average Bonchev–Trinajstić information content (AvgIpc) is 2.45. The molecule has 0 spiro atoms. The molecule has 20 heavy (non-hydrogen) atoms. The van der Waals surface area contributed by atoms with Crippen molar-refractivity contribution in [2.45, 2.75) is 20.0 Å². The number of nitrogens with zero attached hydrogens (tertiary/aromatic N) is 2. The molecule has 0 aliphatic heterocycles. The highest BCUT2D eigenvalue weighted by atomic mass is 16.5. The maximum absolute atomic E-state index is 11.3. The van der Waals surface area contributed by atoms with Gasteiger partial charge in [-0.25, -0.2) is 4.98 Å². The first kappa shape index (κ1) is 14.5. The van der Waals surface area contributed by atoms with Crippen LogP contribution in [-0.2, 0) is 4.74 Å². The largest absolute Gasteiger partial charge is 0.377 e. The van der Waals surface area contributed by atoms with Gasteiger partial charge in [-0.1, -0.05) is 18.2 Å². The molecule has 2 rings (SSSR count). The molecular weight excluding hydrogens is 252 g/mol. The molecule has 106 valence electrons. The fourth-order valence-corrected chi connectivity index (χ4v) is 2.05. The van der Waals surface area contributed by atoms with E-state index in [-0.39, 0.29) is 6.10 Å². The van der Waals surface area contributed by atoms with Gasteiger partial charge < -0.3 is 9.64 Å². The highest BCUT2D eigenvalue weighted by Gasteiger charge is 2.10. The summed E-state index contributed by atoms with van der Waals surface area (Å²) >= 11 is 0. The number of likely N-dealkylation sites (N-methyl/N-ethyl adjacent to an activating group) is 1. The van der Waals surface area contributed by atoms with E-state index in [1.807, 2.05) is 56.1 Å². The van der Waals surface area contributed by atoms with Crippen molar-refractivity contribution >= 4 is 23.0 Å². The quantitative estimate of drug-likeness (QED) is 0.758. The number of hydrogen-bond acceptors (Lipinski definition) is 4. The molecule has 0 atom stereocenters. The number of anilines is 1. The highest BCUT2D eigenvalue weighted by Crippen LogP contribution is 2.21. The van der Waals surface area contributed by atoms with Crippen LogP contribution in [0.25, 0.3) is 10.9 Å². The van der Waals surface area contributed by atoms with Crippen LogP contribution in [0, 0.1) is 0 Å². The van der Waals surface area contributed by atoms with Crippen molar-refractivity contribution in [3.8, 4) is 0 Å². The maximum atomic E-state index is 11.3. The maximum Gasteiger partial charge on any atom is 0.153 e. The number of aldehydes is 1. The van der Waals surface area contributed by atoms with Crippen molar-refractivity contribution in [1.82, 2.24) is 4.98 Å². The molecule has 2 aromatic rings. The lowest BCUT2D eigenvalue weighted by Crippen LogP contribution is -2.25. The van der Waals surface area contributed by atoms with Crippen molar-refractivity contribution in [2.24, 2.45) is 0 Å². The van der Waals surface area contributed by atoms with Crippen LogP contribution in [0.15, 0.2) is 30.3 Å². The number of para-hydroxylation sites is 1. The number of benzene rings is 1. The summed E-state index contributed by atoms with van der Waals surface area (Å²) in [7, 11) is 1.92. The Balaban J connectivity index is 2.25. The summed E-state index contributed by atoms with van der Waals surface area (Å²) < 4.78 is 5.54.